The zero-order valence-corrected chi connectivity index (χ0v) is 13.3. The molecule has 2 heterocycles. The molecule has 0 aromatic heterocycles. The number of methoxy groups -OCH3 is 2. The third kappa shape index (κ3) is 2.58. The largest absolute Gasteiger partial charge is 0.493 e. The van der Waals surface area contributed by atoms with Crippen LogP contribution < -0.4 is 9.47 Å². The quantitative estimate of drug-likeness (QED) is 0.802. The maximum absolute atomic E-state index is 12.4. The van der Waals surface area contributed by atoms with Gasteiger partial charge in [0.2, 0.25) is 5.91 Å². The van der Waals surface area contributed by atoms with Gasteiger partial charge >= 0.3 is 0 Å². The molecule has 0 saturated carbocycles. The number of amides is 1. The number of piperidine rings is 2. The first-order valence-electron chi connectivity index (χ1n) is 7.83. The van der Waals surface area contributed by atoms with Crippen LogP contribution in [0.25, 0.3) is 0 Å². The Bertz CT molecular complexity index is 596. The van der Waals surface area contributed by atoms with Gasteiger partial charge in [-0.1, -0.05) is 18.2 Å². The van der Waals surface area contributed by atoms with Gasteiger partial charge in [0.1, 0.15) is 0 Å². The molecule has 0 aliphatic carbocycles. The van der Waals surface area contributed by atoms with Crippen molar-refractivity contribution in [3.8, 4) is 11.5 Å². The van der Waals surface area contributed by atoms with Gasteiger partial charge in [-0.3, -0.25) is 4.79 Å². The number of hydrogen-bond acceptors (Lipinski definition) is 3. The van der Waals surface area contributed by atoms with Crippen LogP contribution in [-0.4, -0.2) is 31.1 Å². The van der Waals surface area contributed by atoms with Gasteiger partial charge in [0.05, 0.1) is 20.3 Å². The molecule has 4 nitrogen and oxygen atoms in total. The van der Waals surface area contributed by atoms with E-state index in [1.54, 1.807) is 14.2 Å². The first kappa shape index (κ1) is 14.9. The normalized spacial score (nSPS) is 24.9. The summed E-state index contributed by atoms with van der Waals surface area (Å²) < 4.78 is 10.7. The van der Waals surface area contributed by atoms with E-state index < -0.39 is 0 Å². The van der Waals surface area contributed by atoms with Crippen LogP contribution in [0.2, 0.25) is 0 Å². The van der Waals surface area contributed by atoms with E-state index in [9.17, 15) is 4.79 Å². The van der Waals surface area contributed by atoms with Crippen molar-refractivity contribution in [2.75, 3.05) is 14.2 Å². The highest BCUT2D eigenvalue weighted by Crippen LogP contribution is 2.42. The molecule has 2 atom stereocenters. The molecule has 1 aromatic carbocycles. The lowest BCUT2D eigenvalue weighted by atomic mass is 9.83. The highest BCUT2D eigenvalue weighted by molar-refractivity contribution is 5.78. The van der Waals surface area contributed by atoms with Crippen LogP contribution in [0.15, 0.2) is 30.4 Å². The highest BCUT2D eigenvalue weighted by atomic mass is 16.5. The summed E-state index contributed by atoms with van der Waals surface area (Å²) in [5.74, 6) is 1.68. The molecule has 2 aliphatic rings. The molecule has 0 bridgehead atoms. The summed E-state index contributed by atoms with van der Waals surface area (Å²) in [5.41, 5.74) is 2.33. The summed E-state index contributed by atoms with van der Waals surface area (Å²) in [6.45, 7) is 4.19. The number of carbonyl (C=O) groups excluding carboxylic acids is 1. The fraction of sp³-hybridized carbons (Fsp3) is 0.500. The summed E-state index contributed by atoms with van der Waals surface area (Å²) in [4.78, 5) is 14.5. The van der Waals surface area contributed by atoms with E-state index in [1.165, 1.54) is 5.57 Å². The fourth-order valence-electron chi connectivity index (χ4n) is 3.72. The number of ether oxygens (including phenoxy) is 2. The number of carbonyl (C=O) groups is 1. The summed E-state index contributed by atoms with van der Waals surface area (Å²) in [7, 11) is 3.26. The van der Waals surface area contributed by atoms with Crippen LogP contribution in [0.3, 0.4) is 0 Å². The van der Waals surface area contributed by atoms with Crippen LogP contribution in [0, 0.1) is 0 Å². The minimum atomic E-state index is 0.0684. The fourth-order valence-corrected chi connectivity index (χ4v) is 3.72. The van der Waals surface area contributed by atoms with Crippen molar-refractivity contribution in [1.29, 1.82) is 0 Å². The first-order valence-corrected chi connectivity index (χ1v) is 7.83. The third-order valence-electron chi connectivity index (χ3n) is 4.74. The number of rotatable bonds is 3. The molecule has 4 heteroatoms. The molecule has 1 amide bonds. The van der Waals surface area contributed by atoms with Gasteiger partial charge < -0.3 is 14.4 Å². The molecule has 0 radical (unpaired) electrons. The van der Waals surface area contributed by atoms with Gasteiger partial charge in [-0.25, -0.2) is 0 Å². The molecule has 3 rings (SSSR count). The van der Waals surface area contributed by atoms with E-state index in [4.69, 9.17) is 9.47 Å². The lowest BCUT2D eigenvalue weighted by Crippen LogP contribution is -2.48. The van der Waals surface area contributed by atoms with E-state index in [-0.39, 0.29) is 11.9 Å². The molecule has 22 heavy (non-hydrogen) atoms. The summed E-state index contributed by atoms with van der Waals surface area (Å²) in [5, 5.41) is 0. The molecule has 118 valence electrons. The molecular weight excluding hydrogens is 278 g/mol. The van der Waals surface area contributed by atoms with Gasteiger partial charge in [0.15, 0.2) is 11.5 Å². The second-order valence-corrected chi connectivity index (χ2v) is 6.14. The van der Waals surface area contributed by atoms with E-state index >= 15 is 0 Å². The summed E-state index contributed by atoms with van der Waals surface area (Å²) >= 11 is 0. The zero-order valence-electron chi connectivity index (χ0n) is 13.3. The second kappa shape index (κ2) is 6.03. The Morgan fingerprint density at radius 2 is 1.95 bits per heavy atom. The van der Waals surface area contributed by atoms with Crippen molar-refractivity contribution in [3.63, 3.8) is 0 Å². The smallest absolute Gasteiger partial charge is 0.223 e. The maximum atomic E-state index is 12.4. The van der Waals surface area contributed by atoms with Gasteiger partial charge in [-0.15, -0.1) is 0 Å². The highest BCUT2D eigenvalue weighted by Gasteiger charge is 2.38. The Hall–Kier alpha value is -1.97. The van der Waals surface area contributed by atoms with Gasteiger partial charge in [0, 0.05) is 12.5 Å². The average Bonchev–Trinajstić information content (AvgIpc) is 2.53. The summed E-state index contributed by atoms with van der Waals surface area (Å²) in [6, 6.07) is 6.30. The van der Waals surface area contributed by atoms with Crippen molar-refractivity contribution in [3.05, 3.63) is 35.9 Å². The van der Waals surface area contributed by atoms with Crippen LogP contribution in [-0.2, 0) is 4.79 Å². The van der Waals surface area contributed by atoms with Gasteiger partial charge in [0.25, 0.3) is 0 Å². The van der Waals surface area contributed by atoms with E-state index in [0.29, 0.717) is 24.0 Å². The Morgan fingerprint density at radius 3 is 2.68 bits per heavy atom. The molecule has 0 spiro atoms. The van der Waals surface area contributed by atoms with Crippen LogP contribution in [0.5, 0.6) is 11.5 Å². The minimum absolute atomic E-state index is 0.0684. The van der Waals surface area contributed by atoms with Crippen molar-refractivity contribution >= 4 is 5.91 Å². The number of benzene rings is 1. The van der Waals surface area contributed by atoms with Crippen molar-refractivity contribution in [2.24, 2.45) is 0 Å². The van der Waals surface area contributed by atoms with E-state index in [2.05, 4.69) is 11.5 Å². The van der Waals surface area contributed by atoms with Crippen LogP contribution in [0.4, 0.5) is 0 Å². The SMILES string of the molecule is C=C1C[C@@H]2CCCC(=O)N2[C@@H](c2ccc(OC)c(OC)c2)C1. The van der Waals surface area contributed by atoms with E-state index in [0.717, 1.165) is 31.2 Å². The monoisotopic (exact) mass is 301 g/mol. The molecule has 0 N–H and O–H groups in total. The van der Waals surface area contributed by atoms with Gasteiger partial charge in [-0.05, 0) is 43.4 Å². The van der Waals surface area contributed by atoms with Crippen molar-refractivity contribution in [1.82, 2.24) is 4.90 Å². The van der Waals surface area contributed by atoms with Gasteiger partial charge in [-0.2, -0.15) is 0 Å². The summed E-state index contributed by atoms with van der Waals surface area (Å²) in [6.07, 6.45) is 4.50. The van der Waals surface area contributed by atoms with E-state index in [1.807, 2.05) is 18.2 Å². The second-order valence-electron chi connectivity index (χ2n) is 6.14. The molecule has 0 unspecified atom stereocenters. The predicted molar refractivity (Wildman–Crippen MR) is 85.1 cm³/mol. The zero-order chi connectivity index (χ0) is 15.7. The molecule has 2 saturated heterocycles. The van der Waals surface area contributed by atoms with Crippen molar-refractivity contribution < 1.29 is 14.3 Å². The predicted octanol–water partition coefficient (Wildman–Crippen LogP) is 3.48. The topological polar surface area (TPSA) is 38.8 Å². The molecule has 2 aliphatic heterocycles. The Kier molecular flexibility index (Phi) is 4.10. The Labute approximate surface area is 131 Å². The standard InChI is InChI=1S/C18H23NO3/c1-12-9-14-5-4-6-18(20)19(14)15(10-12)13-7-8-16(21-2)17(11-13)22-3/h7-8,11,14-15H,1,4-6,9-10H2,2-3H3/t14-,15+/m0/s1. The molecule has 1 aromatic rings. The van der Waals surface area contributed by atoms with Crippen molar-refractivity contribution in [2.45, 2.75) is 44.2 Å². The number of nitrogens with zero attached hydrogens (tertiary/aromatic N) is 1. The minimum Gasteiger partial charge on any atom is -0.493 e. The third-order valence-corrected chi connectivity index (χ3v) is 4.74. The number of fused-ring (bicyclic) bond motifs is 1. The molecule has 2 fully saturated rings. The maximum Gasteiger partial charge on any atom is 0.223 e. The Morgan fingerprint density at radius 1 is 1.18 bits per heavy atom. The number of hydrogen-bond donors (Lipinski definition) is 0. The first-order chi connectivity index (χ1) is 10.6. The van der Waals surface area contributed by atoms with Crippen LogP contribution >= 0.6 is 0 Å². The lowest BCUT2D eigenvalue weighted by Gasteiger charge is -2.46. The average molecular weight is 301 g/mol. The Balaban J connectivity index is 1.97. The lowest BCUT2D eigenvalue weighted by molar-refractivity contribution is -0.140. The molecular formula is C18H23NO3. The van der Waals surface area contributed by atoms with Crippen LogP contribution in [0.1, 0.15) is 43.7 Å².